The number of carbonyl (C=O) groups is 2. The number of hydrogen-bond donors (Lipinski definition) is 1. The van der Waals surface area contributed by atoms with E-state index in [0.717, 1.165) is 22.6 Å². The maximum Gasteiger partial charge on any atom is 0.268 e. The van der Waals surface area contributed by atoms with Crippen LogP contribution in [0, 0.1) is 0 Å². The van der Waals surface area contributed by atoms with Gasteiger partial charge in [-0.15, -0.1) is 0 Å². The van der Waals surface area contributed by atoms with Crippen molar-refractivity contribution in [3.8, 4) is 0 Å². The van der Waals surface area contributed by atoms with Crippen LogP contribution in [-0.4, -0.2) is 43.7 Å². The Hall–Kier alpha value is -2.86. The lowest BCUT2D eigenvalue weighted by atomic mass is 9.99. The zero-order valence-electron chi connectivity index (χ0n) is 20.0. The number of rotatable bonds is 11. The molecule has 1 rings (SSSR count). The van der Waals surface area contributed by atoms with Gasteiger partial charge in [0.25, 0.3) is 11.8 Å². The molecular weight excluding hydrogens is 392 g/mol. The first-order chi connectivity index (χ1) is 14.9. The van der Waals surface area contributed by atoms with E-state index in [9.17, 15) is 9.59 Å². The lowest BCUT2D eigenvalue weighted by Crippen LogP contribution is -2.46. The minimum absolute atomic E-state index is 0.308. The Morgan fingerprint density at radius 3 is 2.32 bits per heavy atom. The number of benzene rings is 1. The first-order valence-corrected chi connectivity index (χ1v) is 10.7. The van der Waals surface area contributed by atoms with Gasteiger partial charge < -0.3 is 10.1 Å². The summed E-state index contributed by atoms with van der Waals surface area (Å²) in [5.41, 5.74) is 2.12. The summed E-state index contributed by atoms with van der Waals surface area (Å²) in [5, 5.41) is 3.92. The topological polar surface area (TPSA) is 67.9 Å². The molecule has 0 aliphatic rings. The summed E-state index contributed by atoms with van der Waals surface area (Å²) in [6, 6.07) is 6.60. The normalized spacial score (nSPS) is 12.2. The Bertz CT molecular complexity index is 769. The molecule has 1 N–H and O–H groups in total. The molecule has 0 saturated carbocycles. The zero-order chi connectivity index (χ0) is 23.8. The summed E-state index contributed by atoms with van der Waals surface area (Å²) in [6.45, 7) is 14.1. The standard InChI is InChI=1S/C23H32N2O4.C2H6/c1-7-12-18(29-15-8-2)16-17(4)19-13-10-11-14-20(19)22(26)24-21(9-3)23(27)25(5)28-6;1-2/h7,10-14,16,21H,1,8-9,15H2,2-6H3,(H,24,26);1-2H3/b17-16+,18-12+;. The van der Waals surface area contributed by atoms with Crippen molar-refractivity contribution in [1.29, 1.82) is 0 Å². The van der Waals surface area contributed by atoms with E-state index in [0.29, 0.717) is 24.4 Å². The minimum atomic E-state index is -0.672. The molecule has 172 valence electrons. The number of nitrogens with one attached hydrogen (secondary N) is 1. The van der Waals surface area contributed by atoms with Crippen molar-refractivity contribution in [3.05, 3.63) is 66.0 Å². The molecule has 31 heavy (non-hydrogen) atoms. The molecule has 0 aromatic heterocycles. The number of carbonyl (C=O) groups excluding carboxylic acids is 2. The largest absolute Gasteiger partial charge is 0.494 e. The van der Waals surface area contributed by atoms with Gasteiger partial charge >= 0.3 is 0 Å². The highest BCUT2D eigenvalue weighted by molar-refractivity contribution is 6.01. The van der Waals surface area contributed by atoms with E-state index in [1.807, 2.05) is 52.8 Å². The minimum Gasteiger partial charge on any atom is -0.494 e. The van der Waals surface area contributed by atoms with Crippen molar-refractivity contribution in [2.45, 2.75) is 53.5 Å². The molecule has 1 aromatic carbocycles. The smallest absolute Gasteiger partial charge is 0.268 e. The van der Waals surface area contributed by atoms with Crippen LogP contribution >= 0.6 is 0 Å². The second-order valence-electron chi connectivity index (χ2n) is 6.48. The van der Waals surface area contributed by atoms with Crippen LogP contribution in [-0.2, 0) is 14.4 Å². The van der Waals surface area contributed by atoms with E-state index in [1.165, 1.54) is 14.2 Å². The second-order valence-corrected chi connectivity index (χ2v) is 6.48. The van der Waals surface area contributed by atoms with Crippen LogP contribution in [0.2, 0.25) is 0 Å². The number of hydroxylamine groups is 2. The van der Waals surface area contributed by atoms with Crippen LogP contribution in [0.15, 0.2) is 54.8 Å². The number of allylic oxidation sites excluding steroid dienone is 4. The Labute approximate surface area is 187 Å². The van der Waals surface area contributed by atoms with E-state index < -0.39 is 6.04 Å². The predicted octanol–water partition coefficient (Wildman–Crippen LogP) is 5.14. The van der Waals surface area contributed by atoms with Gasteiger partial charge in [-0.2, -0.15) is 0 Å². The van der Waals surface area contributed by atoms with Gasteiger partial charge in [0.05, 0.1) is 13.7 Å². The average molecular weight is 431 g/mol. The number of hydrogen-bond acceptors (Lipinski definition) is 4. The van der Waals surface area contributed by atoms with Crippen LogP contribution in [0.25, 0.3) is 5.57 Å². The fraction of sp³-hybridized carbons (Fsp3) is 0.440. The lowest BCUT2D eigenvalue weighted by molar-refractivity contribution is -0.170. The fourth-order valence-electron chi connectivity index (χ4n) is 2.67. The highest BCUT2D eigenvalue weighted by Gasteiger charge is 2.24. The molecule has 6 heteroatoms. The van der Waals surface area contributed by atoms with E-state index >= 15 is 0 Å². The fourth-order valence-corrected chi connectivity index (χ4v) is 2.67. The molecule has 0 aliphatic carbocycles. The molecule has 0 bridgehead atoms. The van der Waals surface area contributed by atoms with Gasteiger partial charge in [0, 0.05) is 12.6 Å². The molecule has 1 unspecified atom stereocenters. The lowest BCUT2D eigenvalue weighted by Gasteiger charge is -2.22. The number of nitrogens with zero attached hydrogens (tertiary/aromatic N) is 1. The van der Waals surface area contributed by atoms with Gasteiger partial charge in [0.15, 0.2) is 0 Å². The molecular formula is C25H38N2O4. The van der Waals surface area contributed by atoms with Gasteiger partial charge in [-0.3, -0.25) is 14.4 Å². The average Bonchev–Trinajstić information content (AvgIpc) is 2.81. The van der Waals surface area contributed by atoms with Crippen molar-refractivity contribution < 1.29 is 19.2 Å². The summed E-state index contributed by atoms with van der Waals surface area (Å²) < 4.78 is 5.73. The van der Waals surface area contributed by atoms with E-state index in [-0.39, 0.29) is 11.8 Å². The molecule has 6 nitrogen and oxygen atoms in total. The zero-order valence-corrected chi connectivity index (χ0v) is 20.0. The van der Waals surface area contributed by atoms with Crippen molar-refractivity contribution in [2.24, 2.45) is 0 Å². The van der Waals surface area contributed by atoms with Crippen LogP contribution in [0.3, 0.4) is 0 Å². The SMILES string of the molecule is C=C/C=C(\C=C(/C)c1ccccc1C(=O)NC(CC)C(=O)N(C)OC)OCCC.CC. The Morgan fingerprint density at radius 2 is 1.81 bits per heavy atom. The molecule has 0 fully saturated rings. The first-order valence-electron chi connectivity index (χ1n) is 10.7. The molecule has 0 saturated heterocycles. The summed E-state index contributed by atoms with van der Waals surface area (Å²) in [7, 11) is 2.92. The van der Waals surface area contributed by atoms with Crippen molar-refractivity contribution >= 4 is 17.4 Å². The van der Waals surface area contributed by atoms with Crippen molar-refractivity contribution in [2.75, 3.05) is 20.8 Å². The third-order valence-electron chi connectivity index (χ3n) is 4.31. The number of amides is 2. The molecule has 0 heterocycles. The Balaban J connectivity index is 0.00000436. The van der Waals surface area contributed by atoms with Gasteiger partial charge in [0.2, 0.25) is 0 Å². The highest BCUT2D eigenvalue weighted by atomic mass is 16.7. The maximum absolute atomic E-state index is 12.9. The van der Waals surface area contributed by atoms with E-state index in [1.54, 1.807) is 24.3 Å². The quantitative estimate of drug-likeness (QED) is 0.300. The molecule has 0 spiro atoms. The Kier molecular flexibility index (Phi) is 14.4. The molecule has 1 aromatic rings. The summed E-state index contributed by atoms with van der Waals surface area (Å²) >= 11 is 0. The van der Waals surface area contributed by atoms with Crippen LogP contribution in [0.1, 0.15) is 63.4 Å². The van der Waals surface area contributed by atoms with Crippen LogP contribution in [0.5, 0.6) is 0 Å². The monoisotopic (exact) mass is 430 g/mol. The van der Waals surface area contributed by atoms with Crippen molar-refractivity contribution in [3.63, 3.8) is 0 Å². The molecule has 0 radical (unpaired) electrons. The van der Waals surface area contributed by atoms with Crippen molar-refractivity contribution in [1.82, 2.24) is 10.4 Å². The van der Waals surface area contributed by atoms with Gasteiger partial charge in [0.1, 0.15) is 11.8 Å². The Morgan fingerprint density at radius 1 is 1.19 bits per heavy atom. The highest BCUT2D eigenvalue weighted by Crippen LogP contribution is 2.21. The summed E-state index contributed by atoms with van der Waals surface area (Å²) in [6.07, 6.45) is 6.67. The number of likely N-dealkylation sites (N-methyl/N-ethyl adjacent to an activating group) is 1. The molecule has 1 atom stereocenters. The third kappa shape index (κ3) is 9.22. The third-order valence-corrected chi connectivity index (χ3v) is 4.31. The van der Waals surface area contributed by atoms with Crippen LogP contribution in [0.4, 0.5) is 0 Å². The number of ether oxygens (including phenoxy) is 1. The van der Waals surface area contributed by atoms with Crippen LogP contribution < -0.4 is 5.32 Å². The van der Waals surface area contributed by atoms with Gasteiger partial charge in [-0.25, -0.2) is 5.06 Å². The maximum atomic E-state index is 12.9. The first kappa shape index (κ1) is 28.1. The van der Waals surface area contributed by atoms with Gasteiger partial charge in [-0.1, -0.05) is 58.5 Å². The molecule has 2 amide bonds. The summed E-state index contributed by atoms with van der Waals surface area (Å²) in [5.74, 6) is 0.0527. The predicted molar refractivity (Wildman–Crippen MR) is 127 cm³/mol. The molecule has 0 aliphatic heterocycles. The second kappa shape index (κ2) is 15.9. The summed E-state index contributed by atoms with van der Waals surface area (Å²) in [4.78, 5) is 30.2. The van der Waals surface area contributed by atoms with E-state index in [4.69, 9.17) is 9.57 Å². The van der Waals surface area contributed by atoms with E-state index in [2.05, 4.69) is 11.9 Å². The van der Waals surface area contributed by atoms with Gasteiger partial charge in [-0.05, 0) is 49.1 Å².